The smallest absolute Gasteiger partial charge is 0.224 e. The Balaban J connectivity index is 1.74. The number of hydrogen-bond donors (Lipinski definition) is 3. The fourth-order valence-corrected chi connectivity index (χ4v) is 2.68. The molecule has 2 rings (SSSR count). The molecule has 0 saturated carbocycles. The van der Waals surface area contributed by atoms with Crippen LogP contribution in [0.5, 0.6) is 5.75 Å². The lowest BCUT2D eigenvalue weighted by Crippen LogP contribution is -2.37. The normalized spacial score (nSPS) is 11.0. The molecule has 28 heavy (non-hydrogen) atoms. The van der Waals surface area contributed by atoms with Crippen LogP contribution in [0.2, 0.25) is 0 Å². The molecule has 6 nitrogen and oxygen atoms in total. The number of guanidine groups is 1. The van der Waals surface area contributed by atoms with Crippen molar-refractivity contribution in [2.24, 2.45) is 4.99 Å². The molecule has 0 aromatic heterocycles. The number of nitrogens with zero attached hydrogens (tertiary/aromatic N) is 1. The van der Waals surface area contributed by atoms with Gasteiger partial charge in [0.15, 0.2) is 5.96 Å². The zero-order chi connectivity index (χ0) is 20.2. The van der Waals surface area contributed by atoms with E-state index in [0.29, 0.717) is 13.0 Å². The molecule has 6 heteroatoms. The van der Waals surface area contributed by atoms with Gasteiger partial charge in [0.05, 0.1) is 7.11 Å². The summed E-state index contributed by atoms with van der Waals surface area (Å²) in [7, 11) is 3.43. The summed E-state index contributed by atoms with van der Waals surface area (Å²) in [5.41, 5.74) is 3.18. The summed E-state index contributed by atoms with van der Waals surface area (Å²) in [5, 5.41) is 9.51. The van der Waals surface area contributed by atoms with Crippen LogP contribution < -0.4 is 20.7 Å². The van der Waals surface area contributed by atoms with E-state index >= 15 is 0 Å². The van der Waals surface area contributed by atoms with Crippen molar-refractivity contribution in [3.63, 3.8) is 0 Å². The van der Waals surface area contributed by atoms with Gasteiger partial charge in [-0.05, 0) is 48.2 Å². The Kier molecular flexibility index (Phi) is 8.85. The number of hydrogen-bond acceptors (Lipinski definition) is 3. The van der Waals surface area contributed by atoms with E-state index < -0.39 is 0 Å². The Morgan fingerprint density at radius 1 is 1.00 bits per heavy atom. The topological polar surface area (TPSA) is 74.8 Å². The third kappa shape index (κ3) is 7.31. The maximum atomic E-state index is 11.6. The Morgan fingerprint density at radius 3 is 2.29 bits per heavy atom. The van der Waals surface area contributed by atoms with Gasteiger partial charge in [0, 0.05) is 32.2 Å². The van der Waals surface area contributed by atoms with Gasteiger partial charge in [-0.3, -0.25) is 9.79 Å². The van der Waals surface area contributed by atoms with Gasteiger partial charge in [0.1, 0.15) is 5.75 Å². The van der Waals surface area contributed by atoms with Crippen LogP contribution in [0.4, 0.5) is 5.69 Å². The van der Waals surface area contributed by atoms with Crippen molar-refractivity contribution < 1.29 is 9.53 Å². The summed E-state index contributed by atoms with van der Waals surface area (Å²) in [6, 6.07) is 15.9. The van der Waals surface area contributed by atoms with Crippen LogP contribution in [-0.4, -0.2) is 32.6 Å². The average molecular weight is 383 g/mol. The maximum absolute atomic E-state index is 11.6. The number of methoxy groups -OCH3 is 1. The molecule has 0 aliphatic rings. The molecular formula is C22H30N4O2. The SMILES string of the molecule is CCCC(=O)Nc1ccc(CNC(=NC)NCCc2ccc(OC)cc2)cc1. The molecule has 0 atom stereocenters. The molecule has 2 aromatic rings. The van der Waals surface area contributed by atoms with Crippen molar-refractivity contribution in [1.82, 2.24) is 10.6 Å². The highest BCUT2D eigenvalue weighted by Gasteiger charge is 2.02. The molecular weight excluding hydrogens is 352 g/mol. The minimum Gasteiger partial charge on any atom is -0.497 e. The van der Waals surface area contributed by atoms with Crippen molar-refractivity contribution in [3.05, 3.63) is 59.7 Å². The monoisotopic (exact) mass is 382 g/mol. The molecule has 0 unspecified atom stereocenters. The minimum atomic E-state index is 0.0508. The summed E-state index contributed by atoms with van der Waals surface area (Å²) in [6.45, 7) is 3.44. The average Bonchev–Trinajstić information content (AvgIpc) is 2.72. The molecule has 0 aliphatic heterocycles. The maximum Gasteiger partial charge on any atom is 0.224 e. The predicted octanol–water partition coefficient (Wildman–Crippen LogP) is 3.34. The summed E-state index contributed by atoms with van der Waals surface area (Å²) in [5.74, 6) is 1.67. The third-order valence-corrected chi connectivity index (χ3v) is 4.26. The van der Waals surface area contributed by atoms with Crippen LogP contribution in [0.1, 0.15) is 30.9 Å². The first-order valence-electron chi connectivity index (χ1n) is 9.60. The Bertz CT molecular complexity index is 755. The zero-order valence-corrected chi connectivity index (χ0v) is 16.9. The van der Waals surface area contributed by atoms with Gasteiger partial charge in [-0.1, -0.05) is 31.2 Å². The van der Waals surface area contributed by atoms with Crippen LogP contribution in [-0.2, 0) is 17.8 Å². The minimum absolute atomic E-state index is 0.0508. The first-order valence-corrected chi connectivity index (χ1v) is 9.60. The Morgan fingerprint density at radius 2 is 1.68 bits per heavy atom. The van der Waals surface area contributed by atoms with Crippen molar-refractivity contribution in [1.29, 1.82) is 0 Å². The lowest BCUT2D eigenvalue weighted by Gasteiger charge is -2.12. The zero-order valence-electron chi connectivity index (χ0n) is 16.9. The number of aliphatic imine (C=N–C) groups is 1. The second-order valence-electron chi connectivity index (χ2n) is 6.45. The van der Waals surface area contributed by atoms with Gasteiger partial charge in [0.2, 0.25) is 5.91 Å². The highest BCUT2D eigenvalue weighted by Crippen LogP contribution is 2.12. The molecule has 0 bridgehead atoms. The highest BCUT2D eigenvalue weighted by atomic mass is 16.5. The molecule has 2 aromatic carbocycles. The van der Waals surface area contributed by atoms with Crippen molar-refractivity contribution in [3.8, 4) is 5.75 Å². The van der Waals surface area contributed by atoms with Crippen LogP contribution >= 0.6 is 0 Å². The standard InChI is InChI=1S/C22H30N4O2/c1-4-5-21(27)26-19-10-6-18(7-11-19)16-25-22(23-2)24-15-14-17-8-12-20(28-3)13-9-17/h6-13H,4-5,14-16H2,1-3H3,(H,26,27)(H2,23,24,25). The van der Waals surface area contributed by atoms with Gasteiger partial charge in [-0.2, -0.15) is 0 Å². The van der Waals surface area contributed by atoms with Gasteiger partial charge in [-0.25, -0.2) is 0 Å². The number of anilines is 1. The summed E-state index contributed by atoms with van der Waals surface area (Å²) >= 11 is 0. The number of ether oxygens (including phenoxy) is 1. The van der Waals surface area contributed by atoms with Crippen LogP contribution in [0, 0.1) is 0 Å². The highest BCUT2D eigenvalue weighted by molar-refractivity contribution is 5.90. The fraction of sp³-hybridized carbons (Fsp3) is 0.364. The molecule has 0 radical (unpaired) electrons. The molecule has 3 N–H and O–H groups in total. The van der Waals surface area contributed by atoms with E-state index in [1.807, 2.05) is 43.3 Å². The van der Waals surface area contributed by atoms with Crippen molar-refractivity contribution in [2.45, 2.75) is 32.7 Å². The number of carbonyl (C=O) groups excluding carboxylic acids is 1. The van der Waals surface area contributed by atoms with E-state index in [4.69, 9.17) is 4.74 Å². The largest absolute Gasteiger partial charge is 0.497 e. The molecule has 0 aliphatic carbocycles. The molecule has 1 amide bonds. The van der Waals surface area contributed by atoms with E-state index in [0.717, 1.165) is 42.3 Å². The second-order valence-corrected chi connectivity index (χ2v) is 6.45. The summed E-state index contributed by atoms with van der Waals surface area (Å²) in [4.78, 5) is 15.9. The van der Waals surface area contributed by atoms with Gasteiger partial charge >= 0.3 is 0 Å². The third-order valence-electron chi connectivity index (χ3n) is 4.26. The number of carbonyl (C=O) groups is 1. The first kappa shape index (κ1) is 21.3. The van der Waals surface area contributed by atoms with Gasteiger partial charge in [-0.15, -0.1) is 0 Å². The molecule has 0 spiro atoms. The quantitative estimate of drug-likeness (QED) is 0.459. The molecule has 0 heterocycles. The molecule has 150 valence electrons. The van der Waals surface area contributed by atoms with E-state index in [9.17, 15) is 4.79 Å². The second kappa shape index (κ2) is 11.6. The van der Waals surface area contributed by atoms with Crippen molar-refractivity contribution in [2.75, 3.05) is 26.0 Å². The van der Waals surface area contributed by atoms with E-state index in [1.165, 1.54) is 5.56 Å². The summed E-state index contributed by atoms with van der Waals surface area (Å²) in [6.07, 6.45) is 2.29. The number of rotatable bonds is 9. The van der Waals surface area contributed by atoms with Crippen molar-refractivity contribution >= 4 is 17.6 Å². The number of nitrogens with one attached hydrogen (secondary N) is 3. The molecule has 0 saturated heterocycles. The van der Waals surface area contributed by atoms with E-state index in [1.54, 1.807) is 14.2 Å². The van der Waals surface area contributed by atoms with E-state index in [2.05, 4.69) is 33.1 Å². The lowest BCUT2D eigenvalue weighted by molar-refractivity contribution is -0.116. The van der Waals surface area contributed by atoms with Gasteiger partial charge in [0.25, 0.3) is 0 Å². The molecule has 0 fully saturated rings. The van der Waals surface area contributed by atoms with Crippen LogP contribution in [0.3, 0.4) is 0 Å². The predicted molar refractivity (Wildman–Crippen MR) is 115 cm³/mol. The Labute approximate surface area is 167 Å². The fourth-order valence-electron chi connectivity index (χ4n) is 2.68. The van der Waals surface area contributed by atoms with E-state index in [-0.39, 0.29) is 5.91 Å². The van der Waals surface area contributed by atoms with Crippen LogP contribution in [0.25, 0.3) is 0 Å². The number of benzene rings is 2. The van der Waals surface area contributed by atoms with Crippen LogP contribution in [0.15, 0.2) is 53.5 Å². The summed E-state index contributed by atoms with van der Waals surface area (Å²) < 4.78 is 5.17. The lowest BCUT2D eigenvalue weighted by atomic mass is 10.1. The van der Waals surface area contributed by atoms with Gasteiger partial charge < -0.3 is 20.7 Å². The first-order chi connectivity index (χ1) is 13.6. The Hall–Kier alpha value is -3.02. The number of amides is 1.